The third kappa shape index (κ3) is 3.43. The molecule has 1 N–H and O–H groups in total. The van der Waals surface area contributed by atoms with Gasteiger partial charge in [-0.2, -0.15) is 8.42 Å². The van der Waals surface area contributed by atoms with Gasteiger partial charge in [0, 0.05) is 12.3 Å². The third-order valence-electron chi connectivity index (χ3n) is 11.6. The van der Waals surface area contributed by atoms with Gasteiger partial charge in [-0.1, -0.05) is 39.3 Å². The minimum atomic E-state index is -4.40. The van der Waals surface area contributed by atoms with Crippen molar-refractivity contribution < 1.29 is 26.6 Å². The van der Waals surface area contributed by atoms with Crippen LogP contribution in [0, 0.1) is 46.3 Å². The molecule has 0 aromatic heterocycles. The van der Waals surface area contributed by atoms with Crippen molar-refractivity contribution in [3.8, 4) is 0 Å². The second-order valence-electron chi connectivity index (χ2n) is 13.2. The monoisotopic (exact) mass is 494 g/mol. The normalized spacial score (nSPS) is 54.7. The van der Waals surface area contributed by atoms with Gasteiger partial charge in [-0.3, -0.25) is 4.55 Å². The quantitative estimate of drug-likeness (QED) is 0.401. The minimum absolute atomic E-state index is 0.108. The van der Waals surface area contributed by atoms with E-state index >= 15 is 0 Å². The summed E-state index contributed by atoms with van der Waals surface area (Å²) < 4.78 is 50.0. The molecule has 34 heavy (non-hydrogen) atoms. The first-order valence-corrected chi connectivity index (χ1v) is 15.0. The van der Waals surface area contributed by atoms with Crippen molar-refractivity contribution in [3.05, 3.63) is 11.6 Å². The van der Waals surface area contributed by atoms with Crippen molar-refractivity contribution in [1.29, 1.82) is 0 Å². The number of allylic oxidation sites excluding steroid dienone is 1. The van der Waals surface area contributed by atoms with Crippen molar-refractivity contribution in [2.45, 2.75) is 103 Å². The molecule has 1 spiro atoms. The molecule has 0 aromatic rings. The van der Waals surface area contributed by atoms with Gasteiger partial charge in [0.2, 0.25) is 0 Å². The first kappa shape index (κ1) is 23.9. The molecule has 5 fully saturated rings. The van der Waals surface area contributed by atoms with Crippen LogP contribution in [-0.2, 0) is 24.1 Å². The van der Waals surface area contributed by atoms with Crippen molar-refractivity contribution in [3.63, 3.8) is 0 Å². The SMILES string of the molecule is C[C@@H]1CC[C@@]2(OC1)O[C@H]1C[C@H]3[C@@H]4CC=C5C[C@@H](OS(=O)(=O)O)CC[C@]5(C)[C@H]4CC[C@]3(C)[C@H]1[C@@H]2C. The van der Waals surface area contributed by atoms with Crippen LogP contribution in [0.2, 0.25) is 0 Å². The smallest absolute Gasteiger partial charge is 0.349 e. The van der Waals surface area contributed by atoms with E-state index in [1.807, 2.05) is 0 Å². The van der Waals surface area contributed by atoms with Crippen LogP contribution in [0.3, 0.4) is 0 Å². The lowest BCUT2D eigenvalue weighted by Crippen LogP contribution is -2.52. The minimum Gasteiger partial charge on any atom is -0.349 e. The van der Waals surface area contributed by atoms with Crippen molar-refractivity contribution >= 4 is 10.4 Å². The fourth-order valence-electron chi connectivity index (χ4n) is 9.90. The maximum atomic E-state index is 11.3. The first-order valence-electron chi connectivity index (χ1n) is 13.6. The Morgan fingerprint density at radius 1 is 1.09 bits per heavy atom. The molecule has 3 saturated carbocycles. The van der Waals surface area contributed by atoms with Crippen molar-refractivity contribution in [2.75, 3.05) is 6.61 Å². The van der Waals surface area contributed by atoms with Gasteiger partial charge in [0.15, 0.2) is 5.79 Å². The lowest BCUT2D eigenvalue weighted by molar-refractivity contribution is -0.272. The first-order chi connectivity index (χ1) is 16.0. The van der Waals surface area contributed by atoms with Gasteiger partial charge >= 0.3 is 10.4 Å². The molecule has 2 aliphatic heterocycles. The van der Waals surface area contributed by atoms with Gasteiger partial charge in [0.25, 0.3) is 0 Å². The number of fused-ring (bicyclic) bond motifs is 7. The van der Waals surface area contributed by atoms with E-state index in [1.165, 1.54) is 24.8 Å². The lowest BCUT2D eigenvalue weighted by atomic mass is 9.47. The van der Waals surface area contributed by atoms with Crippen LogP contribution in [0.15, 0.2) is 11.6 Å². The van der Waals surface area contributed by atoms with Crippen LogP contribution in [0.25, 0.3) is 0 Å². The highest BCUT2D eigenvalue weighted by molar-refractivity contribution is 7.80. The molecule has 4 aliphatic carbocycles. The largest absolute Gasteiger partial charge is 0.397 e. The molecular formula is C27H42O6S. The summed E-state index contributed by atoms with van der Waals surface area (Å²) in [7, 11) is -4.40. The molecule has 6 rings (SSSR count). The van der Waals surface area contributed by atoms with E-state index in [2.05, 4.69) is 33.8 Å². The number of ether oxygens (including phenoxy) is 2. The Kier molecular flexibility index (Phi) is 5.46. The summed E-state index contributed by atoms with van der Waals surface area (Å²) in [4.78, 5) is 0. The summed E-state index contributed by atoms with van der Waals surface area (Å²) in [5, 5.41) is 0. The van der Waals surface area contributed by atoms with Crippen LogP contribution in [0.1, 0.15) is 85.5 Å². The average Bonchev–Trinajstić information content (AvgIpc) is 3.20. The molecule has 0 radical (unpaired) electrons. The zero-order valence-electron chi connectivity index (χ0n) is 21.2. The van der Waals surface area contributed by atoms with Crippen LogP contribution in [-0.4, -0.2) is 37.6 Å². The van der Waals surface area contributed by atoms with E-state index in [4.69, 9.17) is 18.2 Å². The Labute approximate surface area is 205 Å². The second-order valence-corrected chi connectivity index (χ2v) is 14.2. The fourth-order valence-corrected chi connectivity index (χ4v) is 10.4. The maximum absolute atomic E-state index is 11.3. The van der Waals surface area contributed by atoms with E-state index < -0.39 is 16.5 Å². The van der Waals surface area contributed by atoms with Crippen LogP contribution in [0.4, 0.5) is 0 Å². The molecule has 0 unspecified atom stereocenters. The van der Waals surface area contributed by atoms with Crippen LogP contribution in [0.5, 0.6) is 0 Å². The molecule has 192 valence electrons. The van der Waals surface area contributed by atoms with Gasteiger partial charge in [-0.15, -0.1) is 0 Å². The third-order valence-corrected chi connectivity index (χ3v) is 12.1. The molecule has 11 atom stereocenters. The van der Waals surface area contributed by atoms with Gasteiger partial charge in [0.1, 0.15) is 0 Å². The molecule has 0 aromatic carbocycles. The lowest BCUT2D eigenvalue weighted by Gasteiger charge is -2.58. The zero-order chi connectivity index (χ0) is 24.1. The number of hydrogen-bond donors (Lipinski definition) is 1. The Bertz CT molecular complexity index is 968. The predicted molar refractivity (Wildman–Crippen MR) is 128 cm³/mol. The number of hydrogen-bond acceptors (Lipinski definition) is 5. The highest BCUT2D eigenvalue weighted by atomic mass is 32.3. The Morgan fingerprint density at radius 2 is 1.88 bits per heavy atom. The Hall–Kier alpha value is -0.470. The van der Waals surface area contributed by atoms with Gasteiger partial charge in [-0.05, 0) is 91.8 Å². The topological polar surface area (TPSA) is 82.1 Å². The molecule has 6 aliphatic rings. The Balaban J connectivity index is 1.23. The van der Waals surface area contributed by atoms with Gasteiger partial charge in [0.05, 0.1) is 18.8 Å². The highest BCUT2D eigenvalue weighted by Gasteiger charge is 2.68. The summed E-state index contributed by atoms with van der Waals surface area (Å²) in [5.41, 5.74) is 1.76. The molecule has 0 amide bonds. The molecule has 2 saturated heterocycles. The summed E-state index contributed by atoms with van der Waals surface area (Å²) >= 11 is 0. The zero-order valence-corrected chi connectivity index (χ0v) is 22.0. The molecular weight excluding hydrogens is 452 g/mol. The summed E-state index contributed by atoms with van der Waals surface area (Å²) in [6.07, 6.45) is 11.4. The Morgan fingerprint density at radius 3 is 2.59 bits per heavy atom. The fraction of sp³-hybridized carbons (Fsp3) is 0.926. The van der Waals surface area contributed by atoms with Gasteiger partial charge < -0.3 is 9.47 Å². The van der Waals surface area contributed by atoms with Crippen molar-refractivity contribution in [1.82, 2.24) is 0 Å². The molecule has 0 bridgehead atoms. The highest BCUT2D eigenvalue weighted by Crippen LogP contribution is 2.70. The molecule has 2 heterocycles. The van der Waals surface area contributed by atoms with E-state index in [0.29, 0.717) is 59.9 Å². The van der Waals surface area contributed by atoms with E-state index in [9.17, 15) is 8.42 Å². The standard InChI is InChI=1S/C27H42O6S/c1-16-7-12-27(31-15-16)17(2)24-23(32-27)14-22-20-6-5-18-13-19(33-34(28,29)30)8-10-25(18,3)21(20)9-11-26(22,24)4/h5,16-17,19-24H,6-15H2,1-4H3,(H,28,29,30)/t16-,17+,19+,20-,21+,22+,23+,24+,25+,26+,27-/m1/s1. The summed E-state index contributed by atoms with van der Waals surface area (Å²) in [6, 6.07) is 0. The predicted octanol–water partition coefficient (Wildman–Crippen LogP) is 5.54. The molecule has 7 heteroatoms. The van der Waals surface area contributed by atoms with Crippen LogP contribution < -0.4 is 0 Å². The second kappa shape index (κ2) is 7.77. The van der Waals surface area contributed by atoms with E-state index in [0.717, 1.165) is 32.3 Å². The molecule has 6 nitrogen and oxygen atoms in total. The van der Waals surface area contributed by atoms with Crippen LogP contribution >= 0.6 is 0 Å². The van der Waals surface area contributed by atoms with Gasteiger partial charge in [-0.25, -0.2) is 4.18 Å². The van der Waals surface area contributed by atoms with E-state index in [1.54, 1.807) is 0 Å². The summed E-state index contributed by atoms with van der Waals surface area (Å²) in [5.74, 6) is 3.25. The van der Waals surface area contributed by atoms with E-state index in [-0.39, 0.29) is 11.2 Å². The average molecular weight is 495 g/mol. The summed E-state index contributed by atoms with van der Waals surface area (Å²) in [6.45, 7) is 10.5. The number of rotatable bonds is 2. The maximum Gasteiger partial charge on any atom is 0.397 e. The van der Waals surface area contributed by atoms with Crippen molar-refractivity contribution in [2.24, 2.45) is 46.3 Å².